The van der Waals surface area contributed by atoms with E-state index in [9.17, 15) is 4.79 Å². The Balaban J connectivity index is 0.00000149. The van der Waals surface area contributed by atoms with Gasteiger partial charge in [0.05, 0.1) is 12.1 Å². The molecule has 4 rings (SSSR count). The lowest BCUT2D eigenvalue weighted by molar-refractivity contribution is 0.00625. The molecule has 174 valence electrons. The molecule has 0 fully saturated rings. The molecule has 1 N–H and O–H groups in total. The molecule has 0 saturated carbocycles. The van der Waals surface area contributed by atoms with Crippen LogP contribution < -0.4 is 4.74 Å². The van der Waals surface area contributed by atoms with Gasteiger partial charge in [0.25, 0.3) is 0 Å². The van der Waals surface area contributed by atoms with Gasteiger partial charge in [-0.3, -0.25) is 0 Å². The van der Waals surface area contributed by atoms with Crippen molar-refractivity contribution >= 4 is 43.6 Å². The lowest BCUT2D eigenvalue weighted by atomic mass is 10.1. The van der Waals surface area contributed by atoms with Crippen LogP contribution in [-0.4, -0.2) is 23.2 Å². The summed E-state index contributed by atoms with van der Waals surface area (Å²) < 4.78 is 12.7. The van der Waals surface area contributed by atoms with Crippen molar-refractivity contribution in [3.63, 3.8) is 0 Å². The van der Waals surface area contributed by atoms with E-state index in [1.807, 2.05) is 77.1 Å². The first-order valence-corrected chi connectivity index (χ1v) is 12.3. The molecule has 33 heavy (non-hydrogen) atoms. The molecular formula is C28H32BrNO3. The van der Waals surface area contributed by atoms with Gasteiger partial charge in [0.1, 0.15) is 17.0 Å². The lowest BCUT2D eigenvalue weighted by Gasteiger charge is -2.19. The Bertz CT molecular complexity index is 1230. The molecule has 0 atom stereocenters. The van der Waals surface area contributed by atoms with E-state index in [0.717, 1.165) is 43.9 Å². The Morgan fingerprint density at radius 2 is 1.61 bits per heavy atom. The Kier molecular flexibility index (Phi) is 8.20. The van der Waals surface area contributed by atoms with Crippen LogP contribution in [0.3, 0.4) is 0 Å². The van der Waals surface area contributed by atoms with Gasteiger partial charge in [-0.25, -0.2) is 4.79 Å². The summed E-state index contributed by atoms with van der Waals surface area (Å²) in [6.45, 7) is 10.2. The van der Waals surface area contributed by atoms with Crippen molar-refractivity contribution in [1.29, 1.82) is 0 Å². The highest BCUT2D eigenvalue weighted by atomic mass is 79.9. The second-order valence-corrected chi connectivity index (χ2v) is 9.43. The van der Waals surface area contributed by atoms with Gasteiger partial charge in [0, 0.05) is 15.2 Å². The van der Waals surface area contributed by atoms with Gasteiger partial charge in [0.2, 0.25) is 0 Å². The number of hydrogen-bond donors (Lipinski definition) is 1. The molecule has 4 aromatic rings. The first-order valence-electron chi connectivity index (χ1n) is 11.5. The van der Waals surface area contributed by atoms with E-state index >= 15 is 0 Å². The minimum absolute atomic E-state index is 0.333. The van der Waals surface area contributed by atoms with Crippen LogP contribution in [0.25, 0.3) is 21.7 Å². The van der Waals surface area contributed by atoms with Crippen LogP contribution in [0.5, 0.6) is 5.75 Å². The molecule has 1 aromatic heterocycles. The fourth-order valence-electron chi connectivity index (χ4n) is 3.75. The Hall–Kier alpha value is -2.79. The highest BCUT2D eigenvalue weighted by molar-refractivity contribution is 9.10. The summed E-state index contributed by atoms with van der Waals surface area (Å²) in [4.78, 5) is 16.1. The molecule has 0 amide bonds. The molecule has 0 aliphatic rings. The standard InChI is InChI=1S/C26H26BrNO3.C2H6/c1-26(2,3)31-25(29)24-20(19-12-7-14-21(27)23(19)28-24)13-8-16-30-22-15-6-10-17-9-4-5-11-18(17)22;1-2/h4-7,9-12,14-15,28H,8,13,16H2,1-3H3;1-2H3. The molecular weight excluding hydrogens is 478 g/mol. The molecule has 5 heteroatoms. The van der Waals surface area contributed by atoms with E-state index in [2.05, 4.69) is 39.1 Å². The number of esters is 1. The van der Waals surface area contributed by atoms with Gasteiger partial charge in [0.15, 0.2) is 0 Å². The summed E-state index contributed by atoms with van der Waals surface area (Å²) in [6.07, 6.45) is 1.48. The molecule has 0 aliphatic carbocycles. The maximum absolute atomic E-state index is 12.9. The minimum atomic E-state index is -0.555. The number of aromatic nitrogens is 1. The Morgan fingerprint density at radius 1 is 0.939 bits per heavy atom. The van der Waals surface area contributed by atoms with Crippen molar-refractivity contribution in [3.8, 4) is 5.75 Å². The van der Waals surface area contributed by atoms with Gasteiger partial charge in [-0.1, -0.05) is 62.4 Å². The van der Waals surface area contributed by atoms with Crippen LogP contribution in [-0.2, 0) is 11.2 Å². The number of H-pyrrole nitrogens is 1. The fraction of sp³-hybridized carbons (Fsp3) is 0.321. The van der Waals surface area contributed by atoms with E-state index in [1.165, 1.54) is 0 Å². The van der Waals surface area contributed by atoms with Gasteiger partial charge >= 0.3 is 5.97 Å². The third-order valence-electron chi connectivity index (χ3n) is 5.07. The number of fused-ring (bicyclic) bond motifs is 2. The third-order valence-corrected chi connectivity index (χ3v) is 5.73. The smallest absolute Gasteiger partial charge is 0.355 e. The van der Waals surface area contributed by atoms with Crippen LogP contribution >= 0.6 is 15.9 Å². The molecule has 0 spiro atoms. The predicted molar refractivity (Wildman–Crippen MR) is 140 cm³/mol. The number of aryl methyl sites for hydroxylation is 1. The van der Waals surface area contributed by atoms with E-state index in [4.69, 9.17) is 9.47 Å². The first-order chi connectivity index (χ1) is 15.8. The highest BCUT2D eigenvalue weighted by Gasteiger charge is 2.24. The average molecular weight is 510 g/mol. The second-order valence-electron chi connectivity index (χ2n) is 8.57. The van der Waals surface area contributed by atoms with E-state index < -0.39 is 5.60 Å². The van der Waals surface area contributed by atoms with Gasteiger partial charge in [-0.2, -0.15) is 0 Å². The molecule has 0 aliphatic heterocycles. The molecule has 3 aromatic carbocycles. The number of carbonyl (C=O) groups excluding carboxylic acids is 1. The third kappa shape index (κ3) is 5.97. The molecule has 0 saturated heterocycles. The van der Waals surface area contributed by atoms with Crippen molar-refractivity contribution in [2.24, 2.45) is 0 Å². The van der Waals surface area contributed by atoms with Crippen LogP contribution in [0, 0.1) is 0 Å². The van der Waals surface area contributed by atoms with E-state index in [-0.39, 0.29) is 5.97 Å². The minimum Gasteiger partial charge on any atom is -0.493 e. The van der Waals surface area contributed by atoms with Gasteiger partial charge < -0.3 is 14.5 Å². The summed E-state index contributed by atoms with van der Waals surface area (Å²) >= 11 is 3.58. The fourth-order valence-corrected chi connectivity index (χ4v) is 4.22. The number of benzene rings is 3. The zero-order valence-corrected chi connectivity index (χ0v) is 21.6. The Labute approximate surface area is 204 Å². The van der Waals surface area contributed by atoms with Crippen LogP contribution in [0.4, 0.5) is 0 Å². The number of rotatable bonds is 6. The lowest BCUT2D eigenvalue weighted by Crippen LogP contribution is -2.24. The normalized spacial score (nSPS) is 11.2. The van der Waals surface area contributed by atoms with Crippen molar-refractivity contribution < 1.29 is 14.3 Å². The maximum Gasteiger partial charge on any atom is 0.355 e. The van der Waals surface area contributed by atoms with Crippen LogP contribution in [0.1, 0.15) is 57.1 Å². The van der Waals surface area contributed by atoms with Crippen molar-refractivity contribution in [1.82, 2.24) is 4.98 Å². The number of ether oxygens (including phenoxy) is 2. The molecule has 1 heterocycles. The number of hydrogen-bond acceptors (Lipinski definition) is 3. The number of halogens is 1. The first kappa shape index (κ1) is 24.8. The number of para-hydroxylation sites is 1. The SMILES string of the molecule is CC.CC(C)(C)OC(=O)c1[nH]c2c(Br)cccc2c1CCCOc1cccc2ccccc12. The summed E-state index contributed by atoms with van der Waals surface area (Å²) in [7, 11) is 0. The summed E-state index contributed by atoms with van der Waals surface area (Å²) in [5.74, 6) is 0.549. The summed E-state index contributed by atoms with van der Waals surface area (Å²) in [5.41, 5.74) is 1.84. The summed E-state index contributed by atoms with van der Waals surface area (Å²) in [6, 6.07) is 20.3. The molecule has 0 unspecified atom stereocenters. The molecule has 4 nitrogen and oxygen atoms in total. The summed E-state index contributed by atoms with van der Waals surface area (Å²) in [5, 5.41) is 3.30. The van der Waals surface area contributed by atoms with E-state index in [0.29, 0.717) is 18.7 Å². The zero-order valence-electron chi connectivity index (χ0n) is 20.0. The topological polar surface area (TPSA) is 51.3 Å². The van der Waals surface area contributed by atoms with Crippen molar-refractivity contribution in [2.75, 3.05) is 6.61 Å². The van der Waals surface area contributed by atoms with Gasteiger partial charge in [-0.15, -0.1) is 0 Å². The highest BCUT2D eigenvalue weighted by Crippen LogP contribution is 2.31. The monoisotopic (exact) mass is 509 g/mol. The molecule has 0 radical (unpaired) electrons. The van der Waals surface area contributed by atoms with Crippen molar-refractivity contribution in [3.05, 3.63) is 76.4 Å². The van der Waals surface area contributed by atoms with E-state index in [1.54, 1.807) is 0 Å². The van der Waals surface area contributed by atoms with Crippen LogP contribution in [0.2, 0.25) is 0 Å². The van der Waals surface area contributed by atoms with Gasteiger partial charge in [-0.05, 0) is 72.6 Å². The zero-order chi connectivity index (χ0) is 24.0. The van der Waals surface area contributed by atoms with Crippen molar-refractivity contribution in [2.45, 2.75) is 53.1 Å². The number of aromatic amines is 1. The second kappa shape index (κ2) is 10.9. The average Bonchev–Trinajstić information content (AvgIpc) is 3.17. The number of nitrogens with one attached hydrogen (secondary N) is 1. The number of carbonyl (C=O) groups is 1. The Morgan fingerprint density at radius 3 is 2.36 bits per heavy atom. The largest absolute Gasteiger partial charge is 0.493 e. The molecule has 0 bridgehead atoms. The quantitative estimate of drug-likeness (QED) is 0.211. The maximum atomic E-state index is 12.9. The van der Waals surface area contributed by atoms with Crippen LogP contribution in [0.15, 0.2) is 65.1 Å². The predicted octanol–water partition coefficient (Wildman–Crippen LogP) is 8.08.